The van der Waals surface area contributed by atoms with Gasteiger partial charge in [0.25, 0.3) is 0 Å². The molecule has 1 rings (SSSR count). The molecule has 1 amide bonds. The van der Waals surface area contributed by atoms with E-state index in [1.54, 1.807) is 45.9 Å². The van der Waals surface area contributed by atoms with Gasteiger partial charge in [-0.25, -0.2) is 4.79 Å². The first-order valence-electron chi connectivity index (χ1n) is 5.87. The van der Waals surface area contributed by atoms with Gasteiger partial charge in [-0.05, 0) is 38.5 Å². The zero-order valence-corrected chi connectivity index (χ0v) is 11.2. The van der Waals surface area contributed by atoms with Gasteiger partial charge in [0.15, 0.2) is 0 Å². The van der Waals surface area contributed by atoms with Gasteiger partial charge in [0.1, 0.15) is 11.9 Å². The average Bonchev–Trinajstić information content (AvgIpc) is 2.25. The maximum atomic E-state index is 11.6. The Kier molecular flexibility index (Phi) is 4.48. The Morgan fingerprint density at radius 2 is 2.06 bits per heavy atom. The first-order valence-corrected chi connectivity index (χ1v) is 5.87. The van der Waals surface area contributed by atoms with Gasteiger partial charge >= 0.3 is 6.09 Å². The minimum Gasteiger partial charge on any atom is -0.444 e. The van der Waals surface area contributed by atoms with Crippen molar-refractivity contribution < 1.29 is 14.3 Å². The number of carbonyl (C=O) groups is 2. The Balaban J connectivity index is 2.73. The molecule has 0 aliphatic carbocycles. The van der Waals surface area contributed by atoms with E-state index in [1.165, 1.54) is 0 Å². The summed E-state index contributed by atoms with van der Waals surface area (Å²) in [5.74, 6) is -0.189. The van der Waals surface area contributed by atoms with Gasteiger partial charge in [-0.15, -0.1) is 0 Å². The Morgan fingerprint density at radius 1 is 1.39 bits per heavy atom. The van der Waals surface area contributed by atoms with Crippen molar-refractivity contribution in [3.63, 3.8) is 0 Å². The second-order valence-corrected chi connectivity index (χ2v) is 5.18. The number of amides is 1. The van der Waals surface area contributed by atoms with E-state index in [0.717, 1.165) is 11.8 Å². The van der Waals surface area contributed by atoms with Gasteiger partial charge in [0.2, 0.25) is 0 Å². The number of anilines is 1. The minimum absolute atomic E-state index is 0.189. The zero-order chi connectivity index (χ0) is 13.8. The minimum atomic E-state index is -0.530. The molecule has 0 aliphatic rings. The lowest BCUT2D eigenvalue weighted by Gasteiger charge is -2.19. The predicted octanol–water partition coefficient (Wildman–Crippen LogP) is 3.34. The molecule has 18 heavy (non-hydrogen) atoms. The largest absolute Gasteiger partial charge is 0.444 e. The molecule has 0 aliphatic heterocycles. The van der Waals surface area contributed by atoms with Crippen molar-refractivity contribution in [2.45, 2.75) is 39.2 Å². The number of ether oxygens (including phenoxy) is 1. The van der Waals surface area contributed by atoms with E-state index in [1.807, 2.05) is 6.07 Å². The third-order valence-corrected chi connectivity index (χ3v) is 2.26. The lowest BCUT2D eigenvalue weighted by Crippen LogP contribution is -2.27. The molecule has 0 saturated heterocycles. The normalized spacial score (nSPS) is 12.7. The van der Waals surface area contributed by atoms with E-state index in [2.05, 4.69) is 5.32 Å². The van der Waals surface area contributed by atoms with Crippen LogP contribution in [-0.2, 0) is 9.53 Å². The highest BCUT2D eigenvalue weighted by Crippen LogP contribution is 2.18. The molecule has 0 fully saturated rings. The summed E-state index contributed by atoms with van der Waals surface area (Å²) in [6.07, 6.45) is 0.366. The van der Waals surface area contributed by atoms with Crippen LogP contribution < -0.4 is 5.32 Å². The van der Waals surface area contributed by atoms with Gasteiger partial charge in [-0.2, -0.15) is 0 Å². The maximum Gasteiger partial charge on any atom is 0.412 e. The monoisotopic (exact) mass is 249 g/mol. The summed E-state index contributed by atoms with van der Waals surface area (Å²) in [5.41, 5.74) is 0.951. The number of nitrogens with one attached hydrogen (secondary N) is 1. The van der Waals surface area contributed by atoms with Gasteiger partial charge in [-0.3, -0.25) is 5.32 Å². The quantitative estimate of drug-likeness (QED) is 0.836. The molecule has 1 aromatic rings. The van der Waals surface area contributed by atoms with Crippen molar-refractivity contribution in [2.24, 2.45) is 0 Å². The first-order chi connectivity index (χ1) is 8.31. The lowest BCUT2D eigenvalue weighted by molar-refractivity contribution is -0.108. The molecule has 0 radical (unpaired) electrons. The van der Waals surface area contributed by atoms with Crippen LogP contribution in [0, 0.1) is 0 Å². The molecule has 1 aromatic carbocycles. The first kappa shape index (κ1) is 14.2. The van der Waals surface area contributed by atoms with Crippen molar-refractivity contribution in [2.75, 3.05) is 5.32 Å². The van der Waals surface area contributed by atoms with Gasteiger partial charge in [-0.1, -0.05) is 19.1 Å². The van der Waals surface area contributed by atoms with E-state index in [9.17, 15) is 9.59 Å². The van der Waals surface area contributed by atoms with Crippen molar-refractivity contribution >= 4 is 18.1 Å². The highest BCUT2D eigenvalue weighted by molar-refractivity contribution is 5.85. The van der Waals surface area contributed by atoms with E-state index >= 15 is 0 Å². The molecule has 0 spiro atoms. The third-order valence-electron chi connectivity index (χ3n) is 2.26. The highest BCUT2D eigenvalue weighted by atomic mass is 16.6. The van der Waals surface area contributed by atoms with E-state index in [0.29, 0.717) is 5.69 Å². The Bertz CT molecular complexity index is 435. The van der Waals surface area contributed by atoms with Crippen LogP contribution >= 0.6 is 0 Å². The van der Waals surface area contributed by atoms with Gasteiger partial charge < -0.3 is 9.53 Å². The molecular formula is C14H19NO3. The van der Waals surface area contributed by atoms with E-state index in [-0.39, 0.29) is 5.92 Å². The average molecular weight is 249 g/mol. The second kappa shape index (κ2) is 5.67. The summed E-state index contributed by atoms with van der Waals surface area (Å²) in [5, 5.41) is 2.64. The standard InChI is InChI=1S/C14H19NO3/c1-10(9-16)11-6-5-7-12(8-11)15-13(17)18-14(2,3)4/h5-10H,1-4H3,(H,15,17). The zero-order valence-electron chi connectivity index (χ0n) is 11.2. The van der Waals surface area contributed by atoms with Crippen LogP contribution in [0.25, 0.3) is 0 Å². The van der Waals surface area contributed by atoms with Gasteiger partial charge in [0.05, 0.1) is 0 Å². The second-order valence-electron chi connectivity index (χ2n) is 5.18. The van der Waals surface area contributed by atoms with Crippen LogP contribution in [0.1, 0.15) is 39.2 Å². The molecule has 4 nitrogen and oxygen atoms in total. The van der Waals surface area contributed by atoms with Gasteiger partial charge in [0, 0.05) is 11.6 Å². The topological polar surface area (TPSA) is 55.4 Å². The predicted molar refractivity (Wildman–Crippen MR) is 70.8 cm³/mol. The molecule has 0 heterocycles. The maximum absolute atomic E-state index is 11.6. The number of hydrogen-bond acceptors (Lipinski definition) is 3. The molecule has 0 aromatic heterocycles. The smallest absolute Gasteiger partial charge is 0.412 e. The SMILES string of the molecule is CC(C=O)c1cccc(NC(=O)OC(C)(C)C)c1. The summed E-state index contributed by atoms with van der Waals surface area (Å²) in [4.78, 5) is 22.3. The fourth-order valence-electron chi connectivity index (χ4n) is 1.40. The number of hydrogen-bond donors (Lipinski definition) is 1. The molecule has 0 saturated carbocycles. The number of carbonyl (C=O) groups excluding carboxylic acids is 2. The number of aldehydes is 1. The molecule has 98 valence electrons. The molecule has 1 N–H and O–H groups in total. The molecule has 1 unspecified atom stereocenters. The molecule has 4 heteroatoms. The summed E-state index contributed by atoms with van der Waals surface area (Å²) < 4.78 is 5.15. The summed E-state index contributed by atoms with van der Waals surface area (Å²) >= 11 is 0. The van der Waals surface area contributed by atoms with Crippen molar-refractivity contribution in [1.29, 1.82) is 0 Å². The van der Waals surface area contributed by atoms with Crippen LogP contribution in [0.4, 0.5) is 10.5 Å². The van der Waals surface area contributed by atoms with Crippen LogP contribution in [0.5, 0.6) is 0 Å². The third kappa shape index (κ3) is 4.57. The highest BCUT2D eigenvalue weighted by Gasteiger charge is 2.16. The fourth-order valence-corrected chi connectivity index (χ4v) is 1.40. The van der Waals surface area contributed by atoms with Crippen molar-refractivity contribution in [1.82, 2.24) is 0 Å². The van der Waals surface area contributed by atoms with E-state index in [4.69, 9.17) is 4.74 Å². The Hall–Kier alpha value is -1.84. The Labute approximate surface area is 107 Å². The van der Waals surface area contributed by atoms with Crippen LogP contribution in [-0.4, -0.2) is 18.0 Å². The van der Waals surface area contributed by atoms with Crippen molar-refractivity contribution in [3.05, 3.63) is 29.8 Å². The van der Waals surface area contributed by atoms with Crippen LogP contribution in [0.2, 0.25) is 0 Å². The lowest BCUT2D eigenvalue weighted by atomic mass is 10.0. The summed E-state index contributed by atoms with van der Waals surface area (Å²) in [6, 6.07) is 7.16. The summed E-state index contributed by atoms with van der Waals surface area (Å²) in [6.45, 7) is 7.21. The number of rotatable bonds is 3. The van der Waals surface area contributed by atoms with Crippen molar-refractivity contribution in [3.8, 4) is 0 Å². The Morgan fingerprint density at radius 3 is 2.61 bits per heavy atom. The van der Waals surface area contributed by atoms with Crippen LogP contribution in [0.3, 0.4) is 0 Å². The molecule has 1 atom stereocenters. The number of benzene rings is 1. The molecular weight excluding hydrogens is 230 g/mol. The van der Waals surface area contributed by atoms with Crippen LogP contribution in [0.15, 0.2) is 24.3 Å². The molecule has 0 bridgehead atoms. The van der Waals surface area contributed by atoms with E-state index < -0.39 is 11.7 Å². The fraction of sp³-hybridized carbons (Fsp3) is 0.429. The summed E-state index contributed by atoms with van der Waals surface area (Å²) in [7, 11) is 0.